The van der Waals surface area contributed by atoms with Crippen molar-refractivity contribution in [1.82, 2.24) is 23.9 Å². The summed E-state index contributed by atoms with van der Waals surface area (Å²) in [5.41, 5.74) is -0.0256. The van der Waals surface area contributed by atoms with Crippen LogP contribution in [0.2, 0.25) is 0 Å². The molecule has 0 N–H and O–H groups in total. The lowest BCUT2D eigenvalue weighted by Gasteiger charge is -2.12. The molecule has 0 unspecified atom stereocenters. The van der Waals surface area contributed by atoms with E-state index in [0.717, 1.165) is 45.4 Å². The van der Waals surface area contributed by atoms with Crippen LogP contribution in [0.1, 0.15) is 29.1 Å². The fourth-order valence-corrected chi connectivity index (χ4v) is 4.26. The van der Waals surface area contributed by atoms with Crippen molar-refractivity contribution in [2.45, 2.75) is 32.0 Å². The van der Waals surface area contributed by atoms with Gasteiger partial charge in [-0.15, -0.1) is 0 Å². The summed E-state index contributed by atoms with van der Waals surface area (Å²) >= 11 is 0. The predicted octanol–water partition coefficient (Wildman–Crippen LogP) is 2.98. The SMILES string of the molecule is Cn1c(=O)n(Cc2nn(-c3ccc(F)cc3)c3c2CCC3)c(=O)c2ccc(C(F)(F)F)nc21. The molecule has 5 rings (SSSR count). The van der Waals surface area contributed by atoms with Crippen molar-refractivity contribution in [3.63, 3.8) is 0 Å². The highest BCUT2D eigenvalue weighted by molar-refractivity contribution is 5.74. The van der Waals surface area contributed by atoms with Crippen LogP contribution in [-0.2, 0) is 32.6 Å². The van der Waals surface area contributed by atoms with Crippen molar-refractivity contribution in [2.24, 2.45) is 7.05 Å². The van der Waals surface area contributed by atoms with Gasteiger partial charge in [-0.25, -0.2) is 18.9 Å². The van der Waals surface area contributed by atoms with Crippen LogP contribution in [0.3, 0.4) is 0 Å². The van der Waals surface area contributed by atoms with E-state index < -0.39 is 23.1 Å². The summed E-state index contributed by atoms with van der Waals surface area (Å²) in [6.07, 6.45) is -2.37. The lowest BCUT2D eigenvalue weighted by molar-refractivity contribution is -0.141. The highest BCUT2D eigenvalue weighted by atomic mass is 19.4. The minimum Gasteiger partial charge on any atom is -0.280 e. The maximum atomic E-state index is 13.3. The van der Waals surface area contributed by atoms with Crippen LogP contribution in [0.15, 0.2) is 46.0 Å². The van der Waals surface area contributed by atoms with E-state index in [0.29, 0.717) is 17.8 Å². The van der Waals surface area contributed by atoms with Gasteiger partial charge in [0, 0.05) is 12.7 Å². The minimum atomic E-state index is -4.70. The van der Waals surface area contributed by atoms with Gasteiger partial charge >= 0.3 is 11.9 Å². The Morgan fingerprint density at radius 1 is 1.03 bits per heavy atom. The first kappa shape index (κ1) is 21.1. The Hall–Kier alpha value is -3.76. The fourth-order valence-electron chi connectivity index (χ4n) is 4.26. The molecule has 0 spiro atoms. The zero-order valence-electron chi connectivity index (χ0n) is 17.4. The second-order valence-corrected chi connectivity index (χ2v) is 7.91. The Labute approximate surface area is 183 Å². The Balaban J connectivity index is 1.63. The Morgan fingerprint density at radius 3 is 2.45 bits per heavy atom. The molecule has 11 heteroatoms. The van der Waals surface area contributed by atoms with Crippen LogP contribution >= 0.6 is 0 Å². The van der Waals surface area contributed by atoms with Crippen molar-refractivity contribution in [1.29, 1.82) is 0 Å². The first-order valence-corrected chi connectivity index (χ1v) is 10.2. The quantitative estimate of drug-likeness (QED) is 0.442. The molecule has 170 valence electrons. The molecule has 4 aromatic rings. The summed E-state index contributed by atoms with van der Waals surface area (Å²) in [4.78, 5) is 29.4. The molecule has 0 amide bonds. The molecule has 1 aliphatic rings. The van der Waals surface area contributed by atoms with Gasteiger partial charge in [-0.05, 0) is 61.2 Å². The van der Waals surface area contributed by atoms with Gasteiger partial charge in [0.1, 0.15) is 17.2 Å². The van der Waals surface area contributed by atoms with E-state index in [9.17, 15) is 27.2 Å². The fraction of sp³-hybridized carbons (Fsp3) is 0.273. The van der Waals surface area contributed by atoms with Gasteiger partial charge in [0.2, 0.25) is 0 Å². The molecular weight excluding hydrogens is 442 g/mol. The van der Waals surface area contributed by atoms with Gasteiger partial charge in [0.05, 0.1) is 23.3 Å². The third-order valence-electron chi connectivity index (χ3n) is 5.87. The number of nitrogens with zero attached hydrogens (tertiary/aromatic N) is 5. The number of aryl methyl sites for hydroxylation is 1. The standard InChI is InChI=1S/C22H17F4N5O2/c1-29-19-15(9-10-18(27-19)22(24,25)26)20(32)30(21(29)33)11-16-14-3-2-4-17(14)31(28-16)13-7-5-12(23)6-8-13/h5-10H,2-4,11H2,1H3. The molecule has 3 aromatic heterocycles. The number of rotatable bonds is 3. The maximum Gasteiger partial charge on any atom is 0.433 e. The molecule has 7 nitrogen and oxygen atoms in total. The van der Waals surface area contributed by atoms with E-state index in [4.69, 9.17) is 0 Å². The molecular formula is C22H17F4N5O2. The Morgan fingerprint density at radius 2 is 1.76 bits per heavy atom. The first-order chi connectivity index (χ1) is 15.6. The molecule has 1 aliphatic carbocycles. The van der Waals surface area contributed by atoms with E-state index in [1.54, 1.807) is 16.8 Å². The van der Waals surface area contributed by atoms with Gasteiger partial charge in [-0.2, -0.15) is 18.3 Å². The molecule has 33 heavy (non-hydrogen) atoms. The average Bonchev–Trinajstić information content (AvgIpc) is 3.38. The number of fused-ring (bicyclic) bond motifs is 2. The number of aromatic nitrogens is 5. The molecule has 0 atom stereocenters. The lowest BCUT2D eigenvalue weighted by Crippen LogP contribution is -2.40. The van der Waals surface area contributed by atoms with Gasteiger partial charge in [-0.1, -0.05) is 0 Å². The Kier molecular flexibility index (Phi) is 4.73. The van der Waals surface area contributed by atoms with Gasteiger partial charge in [-0.3, -0.25) is 13.9 Å². The zero-order chi connectivity index (χ0) is 23.5. The number of alkyl halides is 3. The van der Waals surface area contributed by atoms with Crippen molar-refractivity contribution in [3.8, 4) is 5.69 Å². The predicted molar refractivity (Wildman–Crippen MR) is 111 cm³/mol. The normalized spacial score (nSPS) is 13.6. The third-order valence-corrected chi connectivity index (χ3v) is 5.87. The van der Waals surface area contributed by atoms with E-state index in [1.165, 1.54) is 19.2 Å². The molecule has 0 bridgehead atoms. The second kappa shape index (κ2) is 7.39. The first-order valence-electron chi connectivity index (χ1n) is 10.2. The number of halogens is 4. The van der Waals surface area contributed by atoms with E-state index >= 15 is 0 Å². The zero-order valence-corrected chi connectivity index (χ0v) is 17.4. The molecule has 0 saturated carbocycles. The molecule has 0 radical (unpaired) electrons. The maximum absolute atomic E-state index is 13.3. The molecule has 1 aromatic carbocycles. The summed E-state index contributed by atoms with van der Waals surface area (Å²) in [6.45, 7) is -0.140. The molecule has 0 fully saturated rings. The number of hydrogen-bond acceptors (Lipinski definition) is 4. The lowest BCUT2D eigenvalue weighted by atomic mass is 10.2. The van der Waals surface area contributed by atoms with E-state index in [-0.39, 0.29) is 23.4 Å². The molecule has 3 heterocycles. The van der Waals surface area contributed by atoms with E-state index in [2.05, 4.69) is 10.1 Å². The van der Waals surface area contributed by atoms with Crippen LogP contribution in [0.5, 0.6) is 0 Å². The summed E-state index contributed by atoms with van der Waals surface area (Å²) in [5.74, 6) is -0.378. The summed E-state index contributed by atoms with van der Waals surface area (Å²) < 4.78 is 56.0. The highest BCUT2D eigenvalue weighted by Gasteiger charge is 2.33. The summed E-state index contributed by atoms with van der Waals surface area (Å²) in [5, 5.41) is 4.49. The van der Waals surface area contributed by atoms with Gasteiger partial charge in [0.15, 0.2) is 0 Å². The monoisotopic (exact) mass is 459 g/mol. The highest BCUT2D eigenvalue weighted by Crippen LogP contribution is 2.29. The molecule has 0 aliphatic heterocycles. The van der Waals surface area contributed by atoms with Crippen LogP contribution in [0.4, 0.5) is 17.6 Å². The molecule has 0 saturated heterocycles. The number of pyridine rings is 1. The minimum absolute atomic E-state index is 0.0975. The smallest absolute Gasteiger partial charge is 0.280 e. The Bertz CT molecular complexity index is 1510. The largest absolute Gasteiger partial charge is 0.433 e. The van der Waals surface area contributed by atoms with Gasteiger partial charge in [0.25, 0.3) is 5.56 Å². The van der Waals surface area contributed by atoms with Crippen LogP contribution < -0.4 is 11.2 Å². The van der Waals surface area contributed by atoms with Crippen LogP contribution in [0.25, 0.3) is 16.7 Å². The topological polar surface area (TPSA) is 74.7 Å². The number of hydrogen-bond donors (Lipinski definition) is 0. The van der Waals surface area contributed by atoms with Crippen molar-refractivity contribution >= 4 is 11.0 Å². The van der Waals surface area contributed by atoms with Crippen LogP contribution in [0, 0.1) is 5.82 Å². The van der Waals surface area contributed by atoms with Gasteiger partial charge < -0.3 is 0 Å². The third kappa shape index (κ3) is 3.43. The second-order valence-electron chi connectivity index (χ2n) is 7.91. The van der Waals surface area contributed by atoms with E-state index in [1.807, 2.05) is 0 Å². The average molecular weight is 459 g/mol. The summed E-state index contributed by atoms with van der Waals surface area (Å²) in [7, 11) is 1.27. The van der Waals surface area contributed by atoms with Crippen molar-refractivity contribution < 1.29 is 17.6 Å². The van der Waals surface area contributed by atoms with Crippen molar-refractivity contribution in [3.05, 3.63) is 85.7 Å². The van der Waals surface area contributed by atoms with Crippen molar-refractivity contribution in [2.75, 3.05) is 0 Å². The summed E-state index contributed by atoms with van der Waals surface area (Å²) in [6, 6.07) is 7.59. The number of benzene rings is 1. The van der Waals surface area contributed by atoms with Crippen LogP contribution in [-0.4, -0.2) is 23.9 Å².